The number of hydrogen-bond donors (Lipinski definition) is 1. The van der Waals surface area contributed by atoms with Gasteiger partial charge >= 0.3 is 6.09 Å². The van der Waals surface area contributed by atoms with Crippen molar-refractivity contribution in [3.8, 4) is 0 Å². The van der Waals surface area contributed by atoms with Gasteiger partial charge in [0.2, 0.25) is 0 Å². The SMILES string of the molecule is CC(C)(C)OC(=O)N1CC(CCCCc2ccc(SN)cc2)CC1(C)C. The molecule has 0 radical (unpaired) electrons. The van der Waals surface area contributed by atoms with Crippen molar-refractivity contribution < 1.29 is 9.53 Å². The van der Waals surface area contributed by atoms with Crippen molar-refractivity contribution >= 4 is 18.0 Å². The van der Waals surface area contributed by atoms with E-state index in [-0.39, 0.29) is 11.6 Å². The number of rotatable bonds is 6. The zero-order valence-electron chi connectivity index (χ0n) is 16.9. The topological polar surface area (TPSA) is 55.6 Å². The number of carbonyl (C=O) groups is 1. The molecule has 1 aliphatic heterocycles. The van der Waals surface area contributed by atoms with E-state index in [0.717, 1.165) is 24.3 Å². The highest BCUT2D eigenvalue weighted by atomic mass is 32.2. The number of carbonyl (C=O) groups excluding carboxylic acids is 1. The van der Waals surface area contributed by atoms with Crippen LogP contribution in [0.1, 0.15) is 65.9 Å². The summed E-state index contributed by atoms with van der Waals surface area (Å²) < 4.78 is 5.58. The zero-order valence-corrected chi connectivity index (χ0v) is 17.7. The number of amides is 1. The summed E-state index contributed by atoms with van der Waals surface area (Å²) in [6.07, 6.45) is 5.51. The molecule has 1 heterocycles. The van der Waals surface area contributed by atoms with Crippen LogP contribution in [0.3, 0.4) is 0 Å². The van der Waals surface area contributed by atoms with Crippen LogP contribution in [-0.2, 0) is 11.2 Å². The highest BCUT2D eigenvalue weighted by molar-refractivity contribution is 7.97. The summed E-state index contributed by atoms with van der Waals surface area (Å²) in [5, 5.41) is 5.56. The van der Waals surface area contributed by atoms with E-state index in [2.05, 4.69) is 38.1 Å². The van der Waals surface area contributed by atoms with E-state index in [1.54, 1.807) is 0 Å². The first kappa shape index (κ1) is 21.1. The Bertz CT molecular complexity index is 593. The van der Waals surface area contributed by atoms with Gasteiger partial charge < -0.3 is 9.64 Å². The van der Waals surface area contributed by atoms with E-state index in [0.29, 0.717) is 5.92 Å². The molecule has 0 saturated carbocycles. The summed E-state index contributed by atoms with van der Waals surface area (Å²) in [6.45, 7) is 10.9. The number of aryl methyl sites for hydroxylation is 1. The molecule has 1 saturated heterocycles. The molecule has 1 amide bonds. The van der Waals surface area contributed by atoms with E-state index in [1.165, 1.54) is 36.8 Å². The number of ether oxygens (including phenoxy) is 1. The molecule has 0 bridgehead atoms. The fourth-order valence-corrected chi connectivity index (χ4v) is 4.01. The van der Waals surface area contributed by atoms with Crippen LogP contribution in [-0.4, -0.2) is 28.7 Å². The Balaban J connectivity index is 1.77. The van der Waals surface area contributed by atoms with Gasteiger partial charge in [0.05, 0.1) is 0 Å². The van der Waals surface area contributed by atoms with Gasteiger partial charge in [0, 0.05) is 17.0 Å². The normalized spacial score (nSPS) is 19.6. The number of benzene rings is 1. The quantitative estimate of drug-likeness (QED) is 0.532. The van der Waals surface area contributed by atoms with Gasteiger partial charge in [-0.15, -0.1) is 0 Å². The standard InChI is InChI=1S/C21H34N2O2S/c1-20(2,3)25-19(24)23-15-17(14-21(23,4)5)9-7-6-8-16-10-12-18(26-22)13-11-16/h10-13,17H,6-9,14-15,22H2,1-5H3. The maximum Gasteiger partial charge on any atom is 0.410 e. The van der Waals surface area contributed by atoms with E-state index in [9.17, 15) is 4.79 Å². The zero-order chi connectivity index (χ0) is 19.4. The molecule has 4 nitrogen and oxygen atoms in total. The van der Waals surface area contributed by atoms with Gasteiger partial charge in [0.25, 0.3) is 0 Å². The second-order valence-corrected chi connectivity index (χ2v) is 9.69. The molecule has 2 N–H and O–H groups in total. The minimum atomic E-state index is -0.441. The van der Waals surface area contributed by atoms with Gasteiger partial charge in [-0.2, -0.15) is 0 Å². The highest BCUT2D eigenvalue weighted by Crippen LogP contribution is 2.36. The largest absolute Gasteiger partial charge is 0.444 e. The van der Waals surface area contributed by atoms with Crippen LogP contribution in [0, 0.1) is 5.92 Å². The molecule has 0 aliphatic carbocycles. The molecule has 146 valence electrons. The highest BCUT2D eigenvalue weighted by Gasteiger charge is 2.42. The van der Waals surface area contributed by atoms with Crippen LogP contribution in [0.5, 0.6) is 0 Å². The second kappa shape index (κ2) is 8.66. The summed E-state index contributed by atoms with van der Waals surface area (Å²) in [4.78, 5) is 15.5. The van der Waals surface area contributed by atoms with Crippen LogP contribution in [0.15, 0.2) is 29.2 Å². The van der Waals surface area contributed by atoms with E-state index in [1.807, 2.05) is 25.7 Å². The molecular formula is C21H34N2O2S. The van der Waals surface area contributed by atoms with Crippen molar-refractivity contribution in [3.05, 3.63) is 29.8 Å². The van der Waals surface area contributed by atoms with Crippen molar-refractivity contribution in [2.24, 2.45) is 11.1 Å². The number of likely N-dealkylation sites (tertiary alicyclic amines) is 1. The lowest BCUT2D eigenvalue weighted by molar-refractivity contribution is 0.0131. The molecule has 1 aliphatic rings. The number of nitrogens with zero attached hydrogens (tertiary/aromatic N) is 1. The van der Waals surface area contributed by atoms with Gasteiger partial charge in [0.1, 0.15) is 5.60 Å². The van der Waals surface area contributed by atoms with Gasteiger partial charge in [-0.3, -0.25) is 5.14 Å². The number of nitrogens with two attached hydrogens (primary N) is 1. The Morgan fingerprint density at radius 3 is 2.50 bits per heavy atom. The monoisotopic (exact) mass is 378 g/mol. The summed E-state index contributed by atoms with van der Waals surface area (Å²) in [5.41, 5.74) is 0.802. The van der Waals surface area contributed by atoms with Crippen molar-refractivity contribution in [3.63, 3.8) is 0 Å². The third kappa shape index (κ3) is 6.20. The lowest BCUT2D eigenvalue weighted by Crippen LogP contribution is -2.45. The van der Waals surface area contributed by atoms with E-state index >= 15 is 0 Å². The first-order chi connectivity index (χ1) is 12.1. The molecule has 0 aromatic heterocycles. The van der Waals surface area contributed by atoms with Crippen LogP contribution >= 0.6 is 11.9 Å². The van der Waals surface area contributed by atoms with Crippen LogP contribution in [0.4, 0.5) is 4.79 Å². The van der Waals surface area contributed by atoms with Gasteiger partial charge in [-0.25, -0.2) is 4.79 Å². The van der Waals surface area contributed by atoms with E-state index in [4.69, 9.17) is 9.88 Å². The van der Waals surface area contributed by atoms with Crippen molar-refractivity contribution in [2.45, 2.75) is 82.8 Å². The predicted octanol–water partition coefficient (Wildman–Crippen LogP) is 5.40. The smallest absolute Gasteiger partial charge is 0.410 e. The Hall–Kier alpha value is -1.20. The van der Waals surface area contributed by atoms with Crippen LogP contribution < -0.4 is 5.14 Å². The lowest BCUT2D eigenvalue weighted by Gasteiger charge is -2.33. The molecule has 1 fully saturated rings. The molecule has 1 aromatic rings. The van der Waals surface area contributed by atoms with Crippen LogP contribution in [0.25, 0.3) is 0 Å². The van der Waals surface area contributed by atoms with Gasteiger partial charge in [-0.05, 0) is 95.9 Å². The van der Waals surface area contributed by atoms with Crippen LogP contribution in [0.2, 0.25) is 0 Å². The molecule has 2 rings (SSSR count). The summed E-state index contributed by atoms with van der Waals surface area (Å²) in [6, 6.07) is 8.49. The predicted molar refractivity (Wildman–Crippen MR) is 109 cm³/mol. The maximum atomic E-state index is 12.5. The number of unbranched alkanes of at least 4 members (excludes halogenated alkanes) is 1. The minimum Gasteiger partial charge on any atom is -0.444 e. The Kier molecular flexibility index (Phi) is 7.03. The fourth-order valence-electron chi connectivity index (χ4n) is 3.72. The average molecular weight is 379 g/mol. The molecule has 1 aromatic carbocycles. The molecule has 26 heavy (non-hydrogen) atoms. The first-order valence-corrected chi connectivity index (χ1v) is 10.4. The van der Waals surface area contributed by atoms with Crippen molar-refractivity contribution in [1.82, 2.24) is 4.90 Å². The molecule has 1 atom stereocenters. The maximum absolute atomic E-state index is 12.5. The number of hydrogen-bond acceptors (Lipinski definition) is 4. The summed E-state index contributed by atoms with van der Waals surface area (Å²) in [7, 11) is 0. The van der Waals surface area contributed by atoms with Crippen molar-refractivity contribution in [2.75, 3.05) is 6.54 Å². The summed E-state index contributed by atoms with van der Waals surface area (Å²) in [5.74, 6) is 0.563. The average Bonchev–Trinajstić information content (AvgIpc) is 2.85. The second-order valence-electron chi connectivity index (χ2n) is 8.98. The summed E-state index contributed by atoms with van der Waals surface area (Å²) >= 11 is 1.29. The fraction of sp³-hybridized carbons (Fsp3) is 0.667. The Morgan fingerprint density at radius 1 is 1.27 bits per heavy atom. The third-order valence-corrected chi connectivity index (χ3v) is 5.51. The van der Waals surface area contributed by atoms with E-state index < -0.39 is 5.60 Å². The molecule has 1 unspecified atom stereocenters. The molecular weight excluding hydrogens is 344 g/mol. The third-order valence-electron chi connectivity index (χ3n) is 4.96. The molecule has 5 heteroatoms. The Labute approximate surface area is 163 Å². The Morgan fingerprint density at radius 2 is 1.92 bits per heavy atom. The lowest BCUT2D eigenvalue weighted by atomic mass is 9.92. The van der Waals surface area contributed by atoms with Gasteiger partial charge in [0.15, 0.2) is 0 Å². The minimum absolute atomic E-state index is 0.122. The molecule has 0 spiro atoms. The van der Waals surface area contributed by atoms with Gasteiger partial charge in [-0.1, -0.05) is 18.6 Å². The first-order valence-electron chi connectivity index (χ1n) is 9.57. The van der Waals surface area contributed by atoms with Crippen molar-refractivity contribution in [1.29, 1.82) is 0 Å².